The maximum absolute atomic E-state index is 13.9. The van der Waals surface area contributed by atoms with Gasteiger partial charge in [0.15, 0.2) is 0 Å². The second-order valence-corrected chi connectivity index (χ2v) is 6.43. The number of rotatable bonds is 7. The van der Waals surface area contributed by atoms with E-state index in [-0.39, 0.29) is 17.4 Å². The molecular weight excluding hydrogens is 275 g/mol. The minimum Gasteiger partial charge on any atom is -0.312 e. The number of likely N-dealkylation sites (N-methyl/N-ethyl adjacent to an activating group) is 1. The van der Waals surface area contributed by atoms with E-state index in [0.29, 0.717) is 17.0 Å². The van der Waals surface area contributed by atoms with E-state index in [1.165, 1.54) is 6.07 Å². The Morgan fingerprint density at radius 2 is 2.00 bits per heavy atom. The van der Waals surface area contributed by atoms with Gasteiger partial charge >= 0.3 is 0 Å². The average molecular weight is 301 g/mol. The first kappa shape index (κ1) is 17.4. The van der Waals surface area contributed by atoms with E-state index >= 15 is 0 Å². The van der Waals surface area contributed by atoms with E-state index in [0.717, 1.165) is 13.0 Å². The summed E-state index contributed by atoms with van der Waals surface area (Å²) in [5.41, 5.74) is 0.588. The Hall–Kier alpha value is -0.640. The van der Waals surface area contributed by atoms with Crippen molar-refractivity contribution in [1.82, 2.24) is 10.2 Å². The molecule has 2 nitrogen and oxygen atoms in total. The molecule has 1 N–H and O–H groups in total. The Kier molecular flexibility index (Phi) is 6.44. The van der Waals surface area contributed by atoms with Gasteiger partial charge in [-0.25, -0.2) is 4.39 Å². The van der Waals surface area contributed by atoms with Crippen molar-refractivity contribution in [3.63, 3.8) is 0 Å². The summed E-state index contributed by atoms with van der Waals surface area (Å²) in [5.74, 6) is -0.188. The van der Waals surface area contributed by atoms with Crippen LogP contribution in [-0.2, 0) is 6.42 Å². The molecule has 0 aliphatic carbocycles. The maximum atomic E-state index is 13.9. The van der Waals surface area contributed by atoms with Crippen LogP contribution in [0, 0.1) is 5.82 Å². The zero-order valence-electron chi connectivity index (χ0n) is 13.1. The molecule has 0 saturated heterocycles. The van der Waals surface area contributed by atoms with Crippen molar-refractivity contribution >= 4 is 11.6 Å². The summed E-state index contributed by atoms with van der Waals surface area (Å²) in [6, 6.07) is 4.91. The van der Waals surface area contributed by atoms with E-state index in [2.05, 4.69) is 45.1 Å². The smallest absolute Gasteiger partial charge is 0.126 e. The van der Waals surface area contributed by atoms with Crippen LogP contribution < -0.4 is 5.32 Å². The van der Waals surface area contributed by atoms with Crippen LogP contribution >= 0.6 is 11.6 Å². The van der Waals surface area contributed by atoms with Crippen molar-refractivity contribution in [2.45, 2.75) is 45.2 Å². The van der Waals surface area contributed by atoms with Crippen molar-refractivity contribution in [3.05, 3.63) is 34.6 Å². The summed E-state index contributed by atoms with van der Waals surface area (Å²) in [5, 5.41) is 4.12. The van der Waals surface area contributed by atoms with Gasteiger partial charge in [-0.05, 0) is 71.1 Å². The van der Waals surface area contributed by atoms with E-state index in [4.69, 9.17) is 11.6 Å². The molecule has 0 bridgehead atoms. The molecule has 0 radical (unpaired) electrons. The fourth-order valence-corrected chi connectivity index (χ4v) is 2.32. The number of nitrogens with one attached hydrogen (secondary N) is 1. The number of halogens is 2. The third-order valence-corrected chi connectivity index (χ3v) is 4.31. The molecule has 1 unspecified atom stereocenters. The van der Waals surface area contributed by atoms with Crippen LogP contribution in [0.2, 0.25) is 5.02 Å². The first-order valence-electron chi connectivity index (χ1n) is 7.13. The molecule has 114 valence electrons. The lowest BCUT2D eigenvalue weighted by Crippen LogP contribution is -2.56. The SMILES string of the molecule is CCCNC(Cc1cc(Cl)ccc1F)C(C)(C)N(C)C. The van der Waals surface area contributed by atoms with Gasteiger partial charge in [-0.15, -0.1) is 0 Å². The van der Waals surface area contributed by atoms with Crippen LogP contribution in [0.15, 0.2) is 18.2 Å². The fourth-order valence-electron chi connectivity index (χ4n) is 2.12. The van der Waals surface area contributed by atoms with Gasteiger partial charge in [-0.1, -0.05) is 18.5 Å². The fraction of sp³-hybridized carbons (Fsp3) is 0.625. The normalized spacial score (nSPS) is 13.8. The third kappa shape index (κ3) is 4.44. The van der Waals surface area contributed by atoms with Crippen LogP contribution in [0.5, 0.6) is 0 Å². The lowest BCUT2D eigenvalue weighted by atomic mass is 9.88. The summed E-state index contributed by atoms with van der Waals surface area (Å²) in [6.45, 7) is 7.39. The molecule has 1 rings (SSSR count). The lowest BCUT2D eigenvalue weighted by Gasteiger charge is -2.41. The first-order valence-corrected chi connectivity index (χ1v) is 7.51. The second-order valence-electron chi connectivity index (χ2n) is 5.99. The zero-order valence-corrected chi connectivity index (χ0v) is 13.9. The molecular formula is C16H26ClFN2. The summed E-state index contributed by atoms with van der Waals surface area (Å²) >= 11 is 5.98. The summed E-state index contributed by atoms with van der Waals surface area (Å²) in [6.07, 6.45) is 1.68. The van der Waals surface area contributed by atoms with Crippen molar-refractivity contribution < 1.29 is 4.39 Å². The molecule has 0 saturated carbocycles. The van der Waals surface area contributed by atoms with Crippen LogP contribution in [0.1, 0.15) is 32.8 Å². The number of nitrogens with zero attached hydrogens (tertiary/aromatic N) is 1. The molecule has 20 heavy (non-hydrogen) atoms. The Morgan fingerprint density at radius 1 is 1.35 bits per heavy atom. The molecule has 0 aromatic heterocycles. The highest BCUT2D eigenvalue weighted by Gasteiger charge is 2.31. The topological polar surface area (TPSA) is 15.3 Å². The van der Waals surface area contributed by atoms with Crippen molar-refractivity contribution in [3.8, 4) is 0 Å². The molecule has 0 heterocycles. The van der Waals surface area contributed by atoms with E-state index in [1.807, 2.05) is 0 Å². The standard InChI is InChI=1S/C16H26ClFN2/c1-6-9-19-15(16(2,3)20(4)5)11-12-10-13(17)7-8-14(12)18/h7-8,10,15,19H,6,9,11H2,1-5H3. The van der Waals surface area contributed by atoms with Gasteiger partial charge in [0.1, 0.15) is 5.82 Å². The number of hydrogen-bond acceptors (Lipinski definition) is 2. The van der Waals surface area contributed by atoms with Gasteiger partial charge in [-0.3, -0.25) is 0 Å². The lowest BCUT2D eigenvalue weighted by molar-refractivity contribution is 0.136. The molecule has 0 aliphatic rings. The van der Waals surface area contributed by atoms with Crippen molar-refractivity contribution in [2.75, 3.05) is 20.6 Å². The minimum absolute atomic E-state index is 0.0794. The summed E-state index contributed by atoms with van der Waals surface area (Å²) < 4.78 is 13.9. The summed E-state index contributed by atoms with van der Waals surface area (Å²) in [7, 11) is 4.10. The Balaban J connectivity index is 2.97. The van der Waals surface area contributed by atoms with E-state index < -0.39 is 0 Å². The molecule has 0 aliphatic heterocycles. The monoisotopic (exact) mass is 300 g/mol. The van der Waals surface area contributed by atoms with Gasteiger partial charge in [0, 0.05) is 16.6 Å². The van der Waals surface area contributed by atoms with Crippen LogP contribution in [0.3, 0.4) is 0 Å². The highest BCUT2D eigenvalue weighted by atomic mass is 35.5. The highest BCUT2D eigenvalue weighted by Crippen LogP contribution is 2.23. The number of hydrogen-bond donors (Lipinski definition) is 1. The zero-order chi connectivity index (χ0) is 15.3. The van der Waals surface area contributed by atoms with Gasteiger partial charge in [0.05, 0.1) is 0 Å². The van der Waals surface area contributed by atoms with Crippen molar-refractivity contribution in [2.24, 2.45) is 0 Å². The highest BCUT2D eigenvalue weighted by molar-refractivity contribution is 6.30. The Morgan fingerprint density at radius 3 is 2.55 bits per heavy atom. The predicted molar refractivity (Wildman–Crippen MR) is 85.0 cm³/mol. The molecule has 1 aromatic rings. The molecule has 1 aromatic carbocycles. The molecule has 0 fully saturated rings. The average Bonchev–Trinajstić information content (AvgIpc) is 2.38. The first-order chi connectivity index (χ1) is 9.28. The molecule has 1 atom stereocenters. The third-order valence-electron chi connectivity index (χ3n) is 4.08. The van der Waals surface area contributed by atoms with Crippen LogP contribution in [0.4, 0.5) is 4.39 Å². The predicted octanol–water partition coefficient (Wildman–Crippen LogP) is 3.73. The maximum Gasteiger partial charge on any atom is 0.126 e. The molecule has 0 amide bonds. The van der Waals surface area contributed by atoms with Gasteiger partial charge in [-0.2, -0.15) is 0 Å². The summed E-state index contributed by atoms with van der Waals surface area (Å²) in [4.78, 5) is 2.17. The van der Waals surface area contributed by atoms with E-state index in [9.17, 15) is 4.39 Å². The van der Waals surface area contributed by atoms with Gasteiger partial charge in [0.2, 0.25) is 0 Å². The Bertz CT molecular complexity index is 432. The number of benzene rings is 1. The van der Waals surface area contributed by atoms with Crippen LogP contribution in [0.25, 0.3) is 0 Å². The van der Waals surface area contributed by atoms with Crippen LogP contribution in [-0.4, -0.2) is 37.1 Å². The minimum atomic E-state index is -0.188. The second kappa shape index (κ2) is 7.39. The van der Waals surface area contributed by atoms with Crippen molar-refractivity contribution in [1.29, 1.82) is 0 Å². The van der Waals surface area contributed by atoms with Gasteiger partial charge < -0.3 is 10.2 Å². The van der Waals surface area contributed by atoms with Gasteiger partial charge in [0.25, 0.3) is 0 Å². The largest absolute Gasteiger partial charge is 0.312 e. The molecule has 0 spiro atoms. The molecule has 4 heteroatoms. The quantitative estimate of drug-likeness (QED) is 0.825. The van der Waals surface area contributed by atoms with E-state index in [1.54, 1.807) is 12.1 Å². The Labute approximate surface area is 127 Å².